The Hall–Kier alpha value is -3.41. The monoisotopic (exact) mass is 379 g/mol. The van der Waals surface area contributed by atoms with Crippen LogP contribution in [0.5, 0.6) is 5.75 Å². The van der Waals surface area contributed by atoms with Crippen molar-refractivity contribution >= 4 is 29.8 Å². The lowest BCUT2D eigenvalue weighted by molar-refractivity contribution is -0.134. The molecule has 6 heteroatoms. The number of methoxy groups -OCH3 is 1. The third kappa shape index (κ3) is 6.39. The number of hydrogen-bond acceptors (Lipinski definition) is 4. The fourth-order valence-corrected chi connectivity index (χ4v) is 2.55. The van der Waals surface area contributed by atoms with Crippen LogP contribution >= 0.6 is 0 Å². The minimum absolute atomic E-state index is 0.187. The first kappa shape index (κ1) is 20.9. The number of carbonyl (C=O) groups excluding carboxylic acids is 2. The fourth-order valence-electron chi connectivity index (χ4n) is 2.55. The third-order valence-corrected chi connectivity index (χ3v) is 4.01. The molecule has 0 heterocycles. The van der Waals surface area contributed by atoms with E-state index in [1.165, 1.54) is 6.21 Å². The number of carbonyl (C=O) groups is 2. The maximum atomic E-state index is 12.6. The summed E-state index contributed by atoms with van der Waals surface area (Å²) in [6, 6.07) is 16.7. The highest BCUT2D eigenvalue weighted by Crippen LogP contribution is 2.18. The predicted molar refractivity (Wildman–Crippen MR) is 112 cm³/mol. The molecule has 2 aromatic rings. The molecule has 28 heavy (non-hydrogen) atoms. The minimum atomic E-state index is -0.864. The predicted octanol–water partition coefficient (Wildman–Crippen LogP) is 3.72. The van der Waals surface area contributed by atoms with E-state index in [0.29, 0.717) is 11.4 Å². The molecule has 2 amide bonds. The van der Waals surface area contributed by atoms with E-state index in [1.807, 2.05) is 50.3 Å². The van der Waals surface area contributed by atoms with Gasteiger partial charge in [0.1, 0.15) is 11.7 Å². The summed E-state index contributed by atoms with van der Waals surface area (Å²) >= 11 is 0. The summed E-state index contributed by atoms with van der Waals surface area (Å²) in [5, 5.41) is 6.65. The molecule has 0 aliphatic rings. The molecule has 0 spiro atoms. The molecule has 146 valence electrons. The molecule has 0 aliphatic carbocycles. The molecule has 6 nitrogen and oxygen atoms in total. The van der Waals surface area contributed by atoms with Gasteiger partial charge in [-0.05, 0) is 41.8 Å². The number of nitrogens with zero attached hydrogens (tertiary/aromatic N) is 1. The summed E-state index contributed by atoms with van der Waals surface area (Å²) in [5.74, 6) is -1.20. The highest BCUT2D eigenvalue weighted by Gasteiger charge is 2.29. The average molecular weight is 379 g/mol. The second-order valence-corrected chi connectivity index (χ2v) is 6.46. The zero-order chi connectivity index (χ0) is 20.4. The number of hydrogen-bond donors (Lipinski definition) is 2. The van der Waals surface area contributed by atoms with Crippen LogP contribution in [0, 0.1) is 11.8 Å². The highest BCUT2D eigenvalue weighted by molar-refractivity contribution is 6.06. The van der Waals surface area contributed by atoms with E-state index >= 15 is 0 Å². The minimum Gasteiger partial charge on any atom is -0.497 e. The van der Waals surface area contributed by atoms with Crippen LogP contribution in [0.2, 0.25) is 0 Å². The molecule has 0 aromatic heterocycles. The summed E-state index contributed by atoms with van der Waals surface area (Å²) < 4.78 is 5.09. The Morgan fingerprint density at radius 2 is 1.68 bits per heavy atom. The Morgan fingerprint density at radius 3 is 2.29 bits per heavy atom. The van der Waals surface area contributed by atoms with Crippen LogP contribution in [0.4, 0.5) is 5.69 Å². The van der Waals surface area contributed by atoms with Crippen molar-refractivity contribution in [3.63, 3.8) is 0 Å². The lowest BCUT2D eigenvalue weighted by atomic mass is 9.94. The van der Waals surface area contributed by atoms with Crippen molar-refractivity contribution < 1.29 is 14.3 Å². The van der Waals surface area contributed by atoms with Crippen LogP contribution < -0.4 is 15.5 Å². The second kappa shape index (κ2) is 10.7. The molecule has 1 atom stereocenters. The SMILES string of the molecule is COc1ccc(NC(=O)C(C(=O)NN=CC=Cc2ccccc2)C(C)C)cc1. The Balaban J connectivity index is 1.93. The Morgan fingerprint density at radius 1 is 1.00 bits per heavy atom. The maximum Gasteiger partial charge on any atom is 0.252 e. The average Bonchev–Trinajstić information content (AvgIpc) is 2.69. The van der Waals surface area contributed by atoms with Gasteiger partial charge in [0.2, 0.25) is 5.91 Å². The topological polar surface area (TPSA) is 79.8 Å². The summed E-state index contributed by atoms with van der Waals surface area (Å²) in [4.78, 5) is 25.0. The molecule has 0 saturated heterocycles. The number of anilines is 1. The van der Waals surface area contributed by atoms with E-state index in [2.05, 4.69) is 15.8 Å². The van der Waals surface area contributed by atoms with Crippen molar-refractivity contribution in [2.45, 2.75) is 13.8 Å². The summed E-state index contributed by atoms with van der Waals surface area (Å²) in [7, 11) is 1.57. The van der Waals surface area contributed by atoms with Gasteiger partial charge in [-0.1, -0.05) is 50.3 Å². The van der Waals surface area contributed by atoms with E-state index in [9.17, 15) is 9.59 Å². The quantitative estimate of drug-likeness (QED) is 0.417. The van der Waals surface area contributed by atoms with Gasteiger partial charge in [0, 0.05) is 11.9 Å². The number of allylic oxidation sites excluding steroid dienone is 1. The van der Waals surface area contributed by atoms with Crippen LogP contribution in [-0.4, -0.2) is 25.1 Å². The van der Waals surface area contributed by atoms with Crippen molar-refractivity contribution in [1.29, 1.82) is 0 Å². The van der Waals surface area contributed by atoms with Gasteiger partial charge < -0.3 is 10.1 Å². The van der Waals surface area contributed by atoms with E-state index in [1.54, 1.807) is 37.5 Å². The van der Waals surface area contributed by atoms with Crippen LogP contribution in [0.1, 0.15) is 19.4 Å². The Bertz CT molecular complexity index is 828. The molecule has 0 saturated carbocycles. The summed E-state index contributed by atoms with van der Waals surface area (Å²) in [6.07, 6.45) is 5.06. The van der Waals surface area contributed by atoms with E-state index in [-0.39, 0.29) is 11.8 Å². The van der Waals surface area contributed by atoms with Gasteiger partial charge in [-0.15, -0.1) is 0 Å². The first-order valence-corrected chi connectivity index (χ1v) is 9.01. The standard InChI is InChI=1S/C22H25N3O3/c1-16(2)20(21(26)24-18-11-13-19(28-3)14-12-18)22(27)25-23-15-7-10-17-8-5-4-6-9-17/h4-16,20H,1-3H3,(H,24,26)(H,25,27). The summed E-state index contributed by atoms with van der Waals surface area (Å²) in [5.41, 5.74) is 4.06. The molecule has 2 rings (SSSR count). The molecule has 2 N–H and O–H groups in total. The van der Waals surface area contributed by atoms with Crippen LogP contribution in [0.3, 0.4) is 0 Å². The highest BCUT2D eigenvalue weighted by atomic mass is 16.5. The zero-order valence-corrected chi connectivity index (χ0v) is 16.3. The molecule has 0 fully saturated rings. The van der Waals surface area contributed by atoms with Crippen LogP contribution in [0.25, 0.3) is 6.08 Å². The van der Waals surface area contributed by atoms with Gasteiger partial charge in [-0.2, -0.15) is 5.10 Å². The number of amides is 2. The third-order valence-electron chi connectivity index (χ3n) is 4.01. The number of benzene rings is 2. The Labute approximate surface area is 165 Å². The van der Waals surface area contributed by atoms with E-state index in [0.717, 1.165) is 5.56 Å². The van der Waals surface area contributed by atoms with Crippen molar-refractivity contribution in [1.82, 2.24) is 5.43 Å². The van der Waals surface area contributed by atoms with Crippen molar-refractivity contribution in [3.8, 4) is 5.75 Å². The fraction of sp³-hybridized carbons (Fsp3) is 0.227. The normalized spacial score (nSPS) is 12.3. The Kier molecular flexibility index (Phi) is 7.96. The molecular formula is C22H25N3O3. The maximum absolute atomic E-state index is 12.6. The zero-order valence-electron chi connectivity index (χ0n) is 16.3. The molecular weight excluding hydrogens is 354 g/mol. The second-order valence-electron chi connectivity index (χ2n) is 6.46. The summed E-state index contributed by atoms with van der Waals surface area (Å²) in [6.45, 7) is 3.63. The van der Waals surface area contributed by atoms with Gasteiger partial charge in [-0.3, -0.25) is 9.59 Å². The van der Waals surface area contributed by atoms with E-state index in [4.69, 9.17) is 4.74 Å². The number of ether oxygens (including phenoxy) is 1. The van der Waals surface area contributed by atoms with Crippen LogP contribution in [-0.2, 0) is 9.59 Å². The van der Waals surface area contributed by atoms with Gasteiger partial charge in [0.25, 0.3) is 5.91 Å². The molecule has 0 bridgehead atoms. The van der Waals surface area contributed by atoms with Gasteiger partial charge in [0.15, 0.2) is 0 Å². The number of hydrazone groups is 1. The largest absolute Gasteiger partial charge is 0.497 e. The van der Waals surface area contributed by atoms with Crippen molar-refractivity contribution in [3.05, 3.63) is 66.2 Å². The number of rotatable bonds is 8. The van der Waals surface area contributed by atoms with Crippen LogP contribution in [0.15, 0.2) is 65.8 Å². The van der Waals surface area contributed by atoms with Gasteiger partial charge in [0.05, 0.1) is 7.11 Å². The molecule has 0 aliphatic heterocycles. The lowest BCUT2D eigenvalue weighted by Gasteiger charge is -2.18. The smallest absolute Gasteiger partial charge is 0.252 e. The lowest BCUT2D eigenvalue weighted by Crippen LogP contribution is -2.39. The first-order valence-electron chi connectivity index (χ1n) is 9.01. The molecule has 0 radical (unpaired) electrons. The number of nitrogens with one attached hydrogen (secondary N) is 2. The molecule has 1 unspecified atom stereocenters. The van der Waals surface area contributed by atoms with Crippen molar-refractivity contribution in [2.75, 3.05) is 12.4 Å². The van der Waals surface area contributed by atoms with Gasteiger partial charge >= 0.3 is 0 Å². The van der Waals surface area contributed by atoms with Gasteiger partial charge in [-0.25, -0.2) is 5.43 Å². The molecule has 2 aromatic carbocycles. The van der Waals surface area contributed by atoms with E-state index < -0.39 is 11.8 Å². The van der Waals surface area contributed by atoms with Crippen molar-refractivity contribution in [2.24, 2.45) is 16.9 Å². The first-order chi connectivity index (χ1) is 13.5.